The molecule has 3 rings (SSSR count). The zero-order valence-electron chi connectivity index (χ0n) is 16.1. The van der Waals surface area contributed by atoms with E-state index in [-0.39, 0.29) is 0 Å². The number of quaternary nitrogens is 2. The van der Waals surface area contributed by atoms with Gasteiger partial charge in [0, 0.05) is 18.5 Å². The maximum atomic E-state index is 5.58. The standard InChI is InChI=1S/C21H30N4S/c1-23(2)12-6-11-22-21(26)25-15-13-24(14-16-25)17-19-9-5-8-18-7-3-4-10-20(18)19/h3-5,7-10H,6,11-17H2,1-2H3,(H,22,26)/p+2. The van der Waals surface area contributed by atoms with Gasteiger partial charge in [0.25, 0.3) is 0 Å². The summed E-state index contributed by atoms with van der Waals surface area (Å²) < 4.78 is 0. The summed E-state index contributed by atoms with van der Waals surface area (Å²) in [4.78, 5) is 5.48. The molecule has 5 heteroatoms. The fraction of sp³-hybridized carbons (Fsp3) is 0.476. The van der Waals surface area contributed by atoms with Gasteiger partial charge >= 0.3 is 0 Å². The van der Waals surface area contributed by atoms with E-state index in [1.165, 1.54) is 27.8 Å². The molecule has 0 radical (unpaired) electrons. The molecule has 0 aromatic heterocycles. The normalized spacial score (nSPS) is 15.6. The van der Waals surface area contributed by atoms with Crippen molar-refractivity contribution in [3.05, 3.63) is 48.0 Å². The molecule has 26 heavy (non-hydrogen) atoms. The van der Waals surface area contributed by atoms with Crippen molar-refractivity contribution in [2.75, 3.05) is 53.4 Å². The third-order valence-electron chi connectivity index (χ3n) is 5.21. The highest BCUT2D eigenvalue weighted by Crippen LogP contribution is 2.17. The summed E-state index contributed by atoms with van der Waals surface area (Å²) in [5.74, 6) is 0. The molecule has 1 aliphatic heterocycles. The van der Waals surface area contributed by atoms with Crippen LogP contribution in [0.15, 0.2) is 42.5 Å². The molecule has 1 heterocycles. The largest absolute Gasteiger partial charge is 0.362 e. The van der Waals surface area contributed by atoms with Gasteiger partial charge in [0.15, 0.2) is 5.11 Å². The predicted octanol–water partition coefficient (Wildman–Crippen LogP) is -0.0506. The quantitative estimate of drug-likeness (QED) is 0.490. The van der Waals surface area contributed by atoms with Crippen molar-refractivity contribution in [1.29, 1.82) is 0 Å². The van der Waals surface area contributed by atoms with E-state index in [4.69, 9.17) is 12.2 Å². The fourth-order valence-corrected chi connectivity index (χ4v) is 3.95. The Balaban J connectivity index is 1.47. The SMILES string of the molecule is C[NH+](C)CCCNC(=S)N1CC[NH+](Cc2cccc3ccccc23)CC1. The third kappa shape index (κ3) is 5.16. The molecule has 2 aromatic rings. The van der Waals surface area contributed by atoms with Crippen molar-refractivity contribution < 1.29 is 9.80 Å². The van der Waals surface area contributed by atoms with Gasteiger partial charge in [-0.05, 0) is 23.0 Å². The predicted molar refractivity (Wildman–Crippen MR) is 113 cm³/mol. The molecule has 140 valence electrons. The van der Waals surface area contributed by atoms with Crippen LogP contribution in [0, 0.1) is 0 Å². The maximum absolute atomic E-state index is 5.58. The van der Waals surface area contributed by atoms with E-state index in [1.54, 1.807) is 4.90 Å². The molecular weight excluding hydrogens is 340 g/mol. The van der Waals surface area contributed by atoms with Crippen LogP contribution in [0.2, 0.25) is 0 Å². The maximum Gasteiger partial charge on any atom is 0.169 e. The lowest BCUT2D eigenvalue weighted by Gasteiger charge is -2.34. The lowest BCUT2D eigenvalue weighted by Crippen LogP contribution is -3.13. The van der Waals surface area contributed by atoms with Gasteiger partial charge in [0.05, 0.1) is 46.8 Å². The first kappa shape index (κ1) is 19.1. The highest BCUT2D eigenvalue weighted by atomic mass is 32.1. The van der Waals surface area contributed by atoms with E-state index < -0.39 is 0 Å². The molecule has 3 N–H and O–H groups in total. The molecule has 0 spiro atoms. The Hall–Kier alpha value is -1.69. The van der Waals surface area contributed by atoms with Crippen molar-refractivity contribution in [2.24, 2.45) is 0 Å². The Labute approximate surface area is 162 Å². The molecule has 1 aliphatic rings. The van der Waals surface area contributed by atoms with Crippen molar-refractivity contribution in [3.8, 4) is 0 Å². The van der Waals surface area contributed by atoms with Gasteiger partial charge in [-0.15, -0.1) is 0 Å². The van der Waals surface area contributed by atoms with E-state index in [0.717, 1.165) is 50.8 Å². The molecule has 0 amide bonds. The average molecular weight is 373 g/mol. The van der Waals surface area contributed by atoms with Gasteiger partial charge < -0.3 is 20.0 Å². The summed E-state index contributed by atoms with van der Waals surface area (Å²) in [7, 11) is 4.38. The zero-order chi connectivity index (χ0) is 18.4. The van der Waals surface area contributed by atoms with Crippen LogP contribution in [-0.2, 0) is 6.54 Å². The van der Waals surface area contributed by atoms with Crippen LogP contribution in [0.25, 0.3) is 10.8 Å². The summed E-state index contributed by atoms with van der Waals surface area (Å²) >= 11 is 5.58. The Morgan fingerprint density at radius 3 is 2.62 bits per heavy atom. The number of thiocarbonyl (C=S) groups is 1. The molecule has 0 bridgehead atoms. The van der Waals surface area contributed by atoms with E-state index in [1.807, 2.05) is 0 Å². The average Bonchev–Trinajstić information content (AvgIpc) is 2.66. The first-order valence-electron chi connectivity index (χ1n) is 9.75. The number of nitrogens with one attached hydrogen (secondary N) is 3. The summed E-state index contributed by atoms with van der Waals surface area (Å²) in [5, 5.41) is 7.10. The van der Waals surface area contributed by atoms with Gasteiger partial charge in [0.1, 0.15) is 6.54 Å². The number of rotatable bonds is 6. The van der Waals surface area contributed by atoms with Gasteiger partial charge in [-0.2, -0.15) is 0 Å². The Morgan fingerprint density at radius 1 is 1.12 bits per heavy atom. The van der Waals surface area contributed by atoms with Crippen molar-refractivity contribution in [1.82, 2.24) is 10.2 Å². The minimum Gasteiger partial charge on any atom is -0.362 e. The molecule has 1 fully saturated rings. The molecule has 0 aliphatic carbocycles. The Bertz CT molecular complexity index is 718. The summed E-state index contributed by atoms with van der Waals surface area (Å²) in [5.41, 5.74) is 1.46. The molecule has 1 saturated heterocycles. The number of benzene rings is 2. The smallest absolute Gasteiger partial charge is 0.169 e. The second kappa shape index (κ2) is 9.31. The van der Waals surface area contributed by atoms with E-state index in [0.29, 0.717) is 0 Å². The lowest BCUT2D eigenvalue weighted by atomic mass is 10.0. The molecule has 2 aromatic carbocycles. The van der Waals surface area contributed by atoms with Crippen LogP contribution < -0.4 is 15.1 Å². The Morgan fingerprint density at radius 2 is 1.85 bits per heavy atom. The van der Waals surface area contributed by atoms with Gasteiger partial charge in [-0.25, -0.2) is 0 Å². The lowest BCUT2D eigenvalue weighted by molar-refractivity contribution is -0.917. The van der Waals surface area contributed by atoms with Gasteiger partial charge in [-0.3, -0.25) is 0 Å². The fourth-order valence-electron chi connectivity index (χ4n) is 3.67. The number of piperazine rings is 1. The number of hydrogen-bond acceptors (Lipinski definition) is 1. The Kier molecular flexibility index (Phi) is 6.83. The number of fused-ring (bicyclic) bond motifs is 1. The van der Waals surface area contributed by atoms with E-state index in [2.05, 4.69) is 66.8 Å². The molecule has 4 nitrogen and oxygen atoms in total. The van der Waals surface area contributed by atoms with Gasteiger partial charge in [-0.1, -0.05) is 42.5 Å². The summed E-state index contributed by atoms with van der Waals surface area (Å²) in [6, 6.07) is 15.4. The van der Waals surface area contributed by atoms with Crippen molar-refractivity contribution in [3.63, 3.8) is 0 Å². The minimum absolute atomic E-state index is 0.933. The van der Waals surface area contributed by atoms with Crippen LogP contribution in [0.4, 0.5) is 0 Å². The first-order valence-corrected chi connectivity index (χ1v) is 10.2. The summed E-state index contributed by atoms with van der Waals surface area (Å²) in [6.45, 7) is 7.64. The number of hydrogen-bond donors (Lipinski definition) is 3. The monoisotopic (exact) mass is 372 g/mol. The minimum atomic E-state index is 0.933. The van der Waals surface area contributed by atoms with Crippen LogP contribution in [-0.4, -0.2) is 63.4 Å². The van der Waals surface area contributed by atoms with Crippen LogP contribution in [0.3, 0.4) is 0 Å². The second-order valence-electron chi connectivity index (χ2n) is 7.59. The molecular formula is C21H32N4S+2. The van der Waals surface area contributed by atoms with Gasteiger partial charge in [0.2, 0.25) is 0 Å². The van der Waals surface area contributed by atoms with Crippen LogP contribution in [0.1, 0.15) is 12.0 Å². The van der Waals surface area contributed by atoms with E-state index >= 15 is 0 Å². The molecule has 0 unspecified atom stereocenters. The van der Waals surface area contributed by atoms with Crippen LogP contribution >= 0.6 is 12.2 Å². The highest BCUT2D eigenvalue weighted by Gasteiger charge is 2.22. The molecule has 0 atom stereocenters. The topological polar surface area (TPSA) is 24.2 Å². The third-order valence-corrected chi connectivity index (χ3v) is 5.61. The van der Waals surface area contributed by atoms with Crippen molar-refractivity contribution in [2.45, 2.75) is 13.0 Å². The van der Waals surface area contributed by atoms with Crippen LogP contribution in [0.5, 0.6) is 0 Å². The van der Waals surface area contributed by atoms with Crippen molar-refractivity contribution >= 4 is 28.1 Å². The highest BCUT2D eigenvalue weighted by molar-refractivity contribution is 7.80. The summed E-state index contributed by atoms with van der Waals surface area (Å²) in [6.07, 6.45) is 1.16. The number of nitrogens with zero attached hydrogens (tertiary/aromatic N) is 1. The van der Waals surface area contributed by atoms with E-state index in [9.17, 15) is 0 Å². The molecule has 0 saturated carbocycles. The zero-order valence-corrected chi connectivity index (χ0v) is 16.9. The second-order valence-corrected chi connectivity index (χ2v) is 7.98. The first-order chi connectivity index (χ1) is 12.6.